The zero-order valence-corrected chi connectivity index (χ0v) is 16.4. The van der Waals surface area contributed by atoms with Gasteiger partial charge in [-0.1, -0.05) is 23.2 Å². The molecular weight excluding hydrogens is 440 g/mol. The highest BCUT2D eigenvalue weighted by Gasteiger charge is 2.46. The normalized spacial score (nSPS) is 14.8. The Labute approximate surface area is 169 Å². The summed E-state index contributed by atoms with van der Waals surface area (Å²) in [6, 6.07) is 8.55. The van der Waals surface area contributed by atoms with Gasteiger partial charge in [-0.15, -0.1) is 0 Å². The largest absolute Gasteiger partial charge is 0.516 e. The summed E-state index contributed by atoms with van der Waals surface area (Å²) < 4.78 is 62.5. The number of carbonyl (C=O) groups is 1. The predicted molar refractivity (Wildman–Crippen MR) is 99.9 cm³/mol. The van der Waals surface area contributed by atoms with Gasteiger partial charge in [-0.25, -0.2) is 0 Å². The van der Waals surface area contributed by atoms with Crippen molar-refractivity contribution in [3.05, 3.63) is 63.1 Å². The van der Waals surface area contributed by atoms with Crippen LogP contribution in [-0.4, -0.2) is 31.3 Å². The van der Waals surface area contributed by atoms with E-state index < -0.39 is 15.5 Å². The number of benzene rings is 2. The number of rotatable bonds is 4. The van der Waals surface area contributed by atoms with Gasteiger partial charge in [0, 0.05) is 28.7 Å². The highest BCUT2D eigenvalue weighted by molar-refractivity contribution is 7.93. The fourth-order valence-electron chi connectivity index (χ4n) is 2.86. The Balaban J connectivity index is 1.90. The SMILES string of the molecule is O=C1c2ccc(Cl)cc2CCN1Cc1cc(Cl)ccc1NS(=O)(=O)C(F)(F)F. The number of fused-ring (bicyclic) bond motifs is 1. The van der Waals surface area contributed by atoms with Crippen molar-refractivity contribution in [2.45, 2.75) is 18.5 Å². The summed E-state index contributed by atoms with van der Waals surface area (Å²) in [6.45, 7) is 0.182. The summed E-state index contributed by atoms with van der Waals surface area (Å²) in [5, 5.41) is 0.695. The van der Waals surface area contributed by atoms with Gasteiger partial charge < -0.3 is 4.90 Å². The standard InChI is InChI=1S/C17H13Cl2F3N2O3S/c18-12-1-3-14-10(7-12)5-6-24(16(14)25)9-11-8-13(19)2-4-15(11)23-28(26,27)17(20,21)22/h1-4,7-8,23H,5-6,9H2. The molecule has 1 amide bonds. The molecule has 3 rings (SSSR count). The molecule has 0 saturated heterocycles. The fourth-order valence-corrected chi connectivity index (χ4v) is 3.85. The Kier molecular flexibility index (Phi) is 5.53. The van der Waals surface area contributed by atoms with Crippen molar-refractivity contribution in [1.29, 1.82) is 0 Å². The number of hydrogen-bond acceptors (Lipinski definition) is 3. The summed E-state index contributed by atoms with van der Waals surface area (Å²) in [6.07, 6.45) is 0.506. The van der Waals surface area contributed by atoms with Gasteiger partial charge in [-0.05, 0) is 53.9 Å². The molecule has 1 N–H and O–H groups in total. The zero-order chi connectivity index (χ0) is 20.7. The van der Waals surface area contributed by atoms with Crippen LogP contribution in [0.1, 0.15) is 21.5 Å². The highest BCUT2D eigenvalue weighted by atomic mass is 35.5. The van der Waals surface area contributed by atoms with Crippen LogP contribution >= 0.6 is 23.2 Å². The molecular formula is C17H13Cl2F3N2O3S. The molecule has 5 nitrogen and oxygen atoms in total. The first-order valence-corrected chi connectivity index (χ1v) is 10.2. The first kappa shape index (κ1) is 20.8. The predicted octanol–water partition coefficient (Wildman–Crippen LogP) is 4.45. The lowest BCUT2D eigenvalue weighted by Crippen LogP contribution is -2.37. The molecule has 1 heterocycles. The van der Waals surface area contributed by atoms with Crippen LogP contribution in [0.2, 0.25) is 10.0 Å². The van der Waals surface area contributed by atoms with Crippen LogP contribution < -0.4 is 4.72 Å². The van der Waals surface area contributed by atoms with E-state index in [1.54, 1.807) is 18.2 Å². The Morgan fingerprint density at radius 2 is 1.71 bits per heavy atom. The van der Waals surface area contributed by atoms with Gasteiger partial charge in [0.2, 0.25) is 0 Å². The molecule has 0 fully saturated rings. The summed E-state index contributed by atoms with van der Waals surface area (Å²) in [7, 11) is -5.61. The molecule has 1 aliphatic rings. The lowest BCUT2D eigenvalue weighted by atomic mass is 9.98. The third-order valence-electron chi connectivity index (χ3n) is 4.21. The van der Waals surface area contributed by atoms with Crippen LogP contribution in [0.4, 0.5) is 18.9 Å². The van der Waals surface area contributed by atoms with Gasteiger partial charge in [0.15, 0.2) is 0 Å². The first-order valence-electron chi connectivity index (χ1n) is 7.93. The maximum Gasteiger partial charge on any atom is 0.516 e. The van der Waals surface area contributed by atoms with Gasteiger partial charge >= 0.3 is 15.5 Å². The molecule has 2 aromatic rings. The zero-order valence-electron chi connectivity index (χ0n) is 14.1. The molecule has 0 saturated carbocycles. The molecule has 11 heteroatoms. The van der Waals surface area contributed by atoms with Crippen LogP contribution in [0.15, 0.2) is 36.4 Å². The van der Waals surface area contributed by atoms with E-state index in [4.69, 9.17) is 23.2 Å². The second kappa shape index (κ2) is 7.46. The molecule has 0 aliphatic carbocycles. The summed E-state index contributed by atoms with van der Waals surface area (Å²) in [5.74, 6) is -0.331. The number of nitrogens with zero attached hydrogens (tertiary/aromatic N) is 1. The van der Waals surface area contributed by atoms with Gasteiger partial charge in [0.05, 0.1) is 5.69 Å². The number of sulfonamides is 1. The Hall–Kier alpha value is -1.97. The average Bonchev–Trinajstić information content (AvgIpc) is 2.58. The third kappa shape index (κ3) is 4.21. The van der Waals surface area contributed by atoms with Crippen molar-refractivity contribution in [3.8, 4) is 0 Å². The molecule has 1 aliphatic heterocycles. The molecule has 0 unspecified atom stereocenters. The first-order chi connectivity index (χ1) is 13.0. The number of hydrogen-bond donors (Lipinski definition) is 1. The van der Waals surface area contributed by atoms with Crippen molar-refractivity contribution in [3.63, 3.8) is 0 Å². The minimum absolute atomic E-state index is 0.114. The van der Waals surface area contributed by atoms with Crippen LogP contribution in [-0.2, 0) is 23.0 Å². The van der Waals surface area contributed by atoms with Crippen LogP contribution in [0.25, 0.3) is 0 Å². The number of amides is 1. The van der Waals surface area contributed by atoms with Crippen molar-refractivity contribution >= 4 is 44.8 Å². The minimum Gasteiger partial charge on any atom is -0.334 e. The number of halogens is 5. The summed E-state index contributed by atoms with van der Waals surface area (Å²) in [5.41, 5.74) is -4.40. The molecule has 0 spiro atoms. The number of nitrogens with one attached hydrogen (secondary N) is 1. The molecule has 0 aromatic heterocycles. The molecule has 0 bridgehead atoms. The number of anilines is 1. The van der Waals surface area contributed by atoms with E-state index in [-0.39, 0.29) is 28.7 Å². The third-order valence-corrected chi connectivity index (χ3v) is 5.78. The second-order valence-electron chi connectivity index (χ2n) is 6.13. The quantitative estimate of drug-likeness (QED) is 0.744. The van der Waals surface area contributed by atoms with E-state index in [2.05, 4.69) is 0 Å². The van der Waals surface area contributed by atoms with Gasteiger partial charge in [-0.3, -0.25) is 9.52 Å². The number of alkyl halides is 3. The van der Waals surface area contributed by atoms with Crippen LogP contribution in [0.3, 0.4) is 0 Å². The maximum atomic E-state index is 12.7. The fraction of sp³-hybridized carbons (Fsp3) is 0.235. The van der Waals surface area contributed by atoms with E-state index >= 15 is 0 Å². The molecule has 2 aromatic carbocycles. The van der Waals surface area contributed by atoms with Crippen molar-refractivity contribution in [2.75, 3.05) is 11.3 Å². The lowest BCUT2D eigenvalue weighted by molar-refractivity contribution is -0.0429. The van der Waals surface area contributed by atoms with Crippen LogP contribution in [0.5, 0.6) is 0 Å². The van der Waals surface area contributed by atoms with Gasteiger partial charge in [0.25, 0.3) is 5.91 Å². The van der Waals surface area contributed by atoms with Crippen molar-refractivity contribution in [2.24, 2.45) is 0 Å². The van der Waals surface area contributed by atoms with E-state index in [1.807, 2.05) is 0 Å². The van der Waals surface area contributed by atoms with Gasteiger partial charge in [0.1, 0.15) is 0 Å². The maximum absolute atomic E-state index is 12.7. The minimum atomic E-state index is -5.61. The monoisotopic (exact) mass is 452 g/mol. The smallest absolute Gasteiger partial charge is 0.334 e. The lowest BCUT2D eigenvalue weighted by Gasteiger charge is -2.29. The Morgan fingerprint density at radius 1 is 1.07 bits per heavy atom. The second-order valence-corrected chi connectivity index (χ2v) is 8.68. The topological polar surface area (TPSA) is 66.5 Å². The van der Waals surface area contributed by atoms with E-state index in [1.165, 1.54) is 21.8 Å². The van der Waals surface area contributed by atoms with E-state index in [0.717, 1.165) is 11.6 Å². The molecule has 0 radical (unpaired) electrons. The number of carbonyl (C=O) groups excluding carboxylic acids is 1. The van der Waals surface area contributed by atoms with Crippen molar-refractivity contribution in [1.82, 2.24) is 4.90 Å². The summed E-state index contributed by atoms with van der Waals surface area (Å²) in [4.78, 5) is 14.1. The van der Waals surface area contributed by atoms with E-state index in [0.29, 0.717) is 23.6 Å². The highest BCUT2D eigenvalue weighted by Crippen LogP contribution is 2.30. The average molecular weight is 453 g/mol. The van der Waals surface area contributed by atoms with E-state index in [9.17, 15) is 26.4 Å². The summed E-state index contributed by atoms with van der Waals surface area (Å²) >= 11 is 11.8. The van der Waals surface area contributed by atoms with Crippen LogP contribution in [0, 0.1) is 0 Å². The molecule has 28 heavy (non-hydrogen) atoms. The Bertz CT molecular complexity index is 1040. The van der Waals surface area contributed by atoms with Crippen molar-refractivity contribution < 1.29 is 26.4 Å². The van der Waals surface area contributed by atoms with Gasteiger partial charge in [-0.2, -0.15) is 21.6 Å². The molecule has 150 valence electrons. The molecule has 0 atom stereocenters. The Morgan fingerprint density at radius 3 is 2.39 bits per heavy atom.